The van der Waals surface area contributed by atoms with E-state index in [1.807, 2.05) is 55.8 Å². The molecule has 0 aliphatic carbocycles. The van der Waals surface area contributed by atoms with Gasteiger partial charge in [0.2, 0.25) is 5.91 Å². The summed E-state index contributed by atoms with van der Waals surface area (Å²) in [5.74, 6) is 0.272. The number of benzene rings is 1. The van der Waals surface area contributed by atoms with E-state index in [9.17, 15) is 13.2 Å². The van der Waals surface area contributed by atoms with Gasteiger partial charge in [0.05, 0.1) is 23.2 Å². The molecule has 1 aliphatic heterocycles. The molecular weight excluding hydrogens is 374 g/mol. The molecule has 2 aromatic rings. The molecule has 0 saturated carbocycles. The van der Waals surface area contributed by atoms with Crippen molar-refractivity contribution in [3.63, 3.8) is 0 Å². The number of hydrogen-bond donors (Lipinski definition) is 0. The SMILES string of the molecule is Cc1ccccc1/C=C/C(=O)N(C)Cc1c(C)nn([C@@H]2CCS(=O)(=O)C2)c1C. The van der Waals surface area contributed by atoms with Crippen molar-refractivity contribution < 1.29 is 13.2 Å². The number of rotatable bonds is 5. The maximum atomic E-state index is 12.5. The van der Waals surface area contributed by atoms with E-state index in [0.29, 0.717) is 13.0 Å². The number of sulfone groups is 1. The Morgan fingerprint density at radius 2 is 2.00 bits per heavy atom. The predicted octanol–water partition coefficient (Wildman–Crippen LogP) is 2.84. The normalized spacial score (nSPS) is 18.6. The van der Waals surface area contributed by atoms with Crippen LogP contribution < -0.4 is 0 Å². The molecule has 150 valence electrons. The summed E-state index contributed by atoms with van der Waals surface area (Å²) in [6.07, 6.45) is 4.01. The molecule has 1 fully saturated rings. The van der Waals surface area contributed by atoms with E-state index in [4.69, 9.17) is 0 Å². The lowest BCUT2D eigenvalue weighted by molar-refractivity contribution is -0.125. The third kappa shape index (κ3) is 4.35. The number of aryl methyl sites for hydroxylation is 2. The number of hydrogen-bond acceptors (Lipinski definition) is 4. The highest BCUT2D eigenvalue weighted by Gasteiger charge is 2.31. The van der Waals surface area contributed by atoms with Gasteiger partial charge in [0.25, 0.3) is 0 Å². The summed E-state index contributed by atoms with van der Waals surface area (Å²) >= 11 is 0. The minimum absolute atomic E-state index is 0.0850. The van der Waals surface area contributed by atoms with Gasteiger partial charge in [-0.3, -0.25) is 9.48 Å². The van der Waals surface area contributed by atoms with Gasteiger partial charge in [0, 0.05) is 30.9 Å². The molecule has 1 atom stereocenters. The van der Waals surface area contributed by atoms with Gasteiger partial charge >= 0.3 is 0 Å². The maximum absolute atomic E-state index is 12.5. The summed E-state index contributed by atoms with van der Waals surface area (Å²) in [7, 11) is -1.21. The Hall–Kier alpha value is -2.41. The highest BCUT2D eigenvalue weighted by atomic mass is 32.2. The first-order chi connectivity index (χ1) is 13.2. The lowest BCUT2D eigenvalue weighted by Gasteiger charge is -2.16. The Morgan fingerprint density at radius 3 is 2.64 bits per heavy atom. The summed E-state index contributed by atoms with van der Waals surface area (Å²) in [5.41, 5.74) is 4.89. The van der Waals surface area contributed by atoms with E-state index in [-0.39, 0.29) is 23.5 Å². The second-order valence-corrected chi connectivity index (χ2v) is 9.76. The molecule has 0 radical (unpaired) electrons. The van der Waals surface area contributed by atoms with Crippen LogP contribution in [-0.4, -0.2) is 47.6 Å². The lowest BCUT2D eigenvalue weighted by Crippen LogP contribution is -2.25. The van der Waals surface area contributed by atoms with Crippen LogP contribution in [0.2, 0.25) is 0 Å². The minimum atomic E-state index is -2.97. The van der Waals surface area contributed by atoms with Crippen LogP contribution in [-0.2, 0) is 21.2 Å². The average Bonchev–Trinajstić information content (AvgIpc) is 3.14. The summed E-state index contributed by atoms with van der Waals surface area (Å²) < 4.78 is 25.4. The fourth-order valence-corrected chi connectivity index (χ4v) is 5.32. The maximum Gasteiger partial charge on any atom is 0.246 e. The second kappa shape index (κ2) is 7.91. The van der Waals surface area contributed by atoms with Gasteiger partial charge in [-0.25, -0.2) is 8.42 Å². The third-order valence-corrected chi connectivity index (χ3v) is 7.14. The molecule has 0 spiro atoms. The number of nitrogens with zero attached hydrogens (tertiary/aromatic N) is 3. The molecule has 0 unspecified atom stereocenters. The Morgan fingerprint density at radius 1 is 1.29 bits per heavy atom. The molecule has 1 amide bonds. The first-order valence-corrected chi connectivity index (χ1v) is 11.2. The van der Waals surface area contributed by atoms with Crippen LogP contribution in [0.15, 0.2) is 30.3 Å². The van der Waals surface area contributed by atoms with E-state index in [1.54, 1.807) is 18.0 Å². The molecular formula is C21H27N3O3S. The Balaban J connectivity index is 1.73. The summed E-state index contributed by atoms with van der Waals surface area (Å²) in [6, 6.07) is 7.80. The number of aromatic nitrogens is 2. The number of likely N-dealkylation sites (N-methyl/N-ethyl adjacent to an activating group) is 1. The Kier molecular flexibility index (Phi) is 5.74. The largest absolute Gasteiger partial charge is 0.338 e. The van der Waals surface area contributed by atoms with Crippen molar-refractivity contribution in [2.24, 2.45) is 0 Å². The van der Waals surface area contributed by atoms with Crippen molar-refractivity contribution in [1.82, 2.24) is 14.7 Å². The Bertz CT molecular complexity index is 1020. The van der Waals surface area contributed by atoms with Gasteiger partial charge in [-0.15, -0.1) is 0 Å². The molecule has 1 aromatic carbocycles. The zero-order valence-corrected chi connectivity index (χ0v) is 17.7. The van der Waals surface area contributed by atoms with E-state index in [2.05, 4.69) is 5.10 Å². The summed E-state index contributed by atoms with van der Waals surface area (Å²) in [5, 5.41) is 4.57. The minimum Gasteiger partial charge on any atom is -0.338 e. The molecule has 3 rings (SSSR count). The molecule has 1 saturated heterocycles. The van der Waals surface area contributed by atoms with Crippen LogP contribution in [0.1, 0.15) is 40.5 Å². The monoisotopic (exact) mass is 401 g/mol. The molecule has 28 heavy (non-hydrogen) atoms. The number of carbonyl (C=O) groups excluding carboxylic acids is 1. The van der Waals surface area contributed by atoms with Crippen molar-refractivity contribution in [1.29, 1.82) is 0 Å². The highest BCUT2D eigenvalue weighted by molar-refractivity contribution is 7.91. The zero-order valence-electron chi connectivity index (χ0n) is 16.8. The molecule has 7 heteroatoms. The number of amides is 1. The van der Waals surface area contributed by atoms with Crippen LogP contribution >= 0.6 is 0 Å². The van der Waals surface area contributed by atoms with Crippen molar-refractivity contribution in [2.75, 3.05) is 18.6 Å². The quantitative estimate of drug-likeness (QED) is 0.722. The van der Waals surface area contributed by atoms with Gasteiger partial charge in [-0.05, 0) is 44.4 Å². The van der Waals surface area contributed by atoms with Gasteiger partial charge in [0.15, 0.2) is 9.84 Å². The van der Waals surface area contributed by atoms with E-state index >= 15 is 0 Å². The van der Waals surface area contributed by atoms with Gasteiger partial charge in [0.1, 0.15) is 0 Å². The Labute approximate surface area is 166 Å². The number of carbonyl (C=O) groups is 1. The van der Waals surface area contributed by atoms with Crippen LogP contribution in [0.25, 0.3) is 6.08 Å². The van der Waals surface area contributed by atoms with Crippen molar-refractivity contribution in [2.45, 2.75) is 39.8 Å². The van der Waals surface area contributed by atoms with Crippen molar-refractivity contribution >= 4 is 21.8 Å². The van der Waals surface area contributed by atoms with Gasteiger partial charge in [-0.1, -0.05) is 24.3 Å². The molecule has 2 heterocycles. The lowest BCUT2D eigenvalue weighted by atomic mass is 10.1. The third-order valence-electron chi connectivity index (χ3n) is 5.39. The van der Waals surface area contributed by atoms with Gasteiger partial charge in [-0.2, -0.15) is 5.10 Å². The molecule has 0 bridgehead atoms. The molecule has 1 aliphatic rings. The average molecular weight is 402 g/mol. The van der Waals surface area contributed by atoms with Crippen LogP contribution in [0.5, 0.6) is 0 Å². The topological polar surface area (TPSA) is 72.3 Å². The second-order valence-electron chi connectivity index (χ2n) is 7.54. The fourth-order valence-electron chi connectivity index (χ4n) is 3.63. The van der Waals surface area contributed by atoms with E-state index < -0.39 is 9.84 Å². The standard InChI is InChI=1S/C21H27N3O3S/c1-15-7-5-6-8-18(15)9-10-21(25)23(4)13-20-16(2)22-24(17(20)3)19-11-12-28(26,27)14-19/h5-10,19H,11-14H2,1-4H3/b10-9+/t19-/m1/s1. The van der Waals surface area contributed by atoms with Crippen molar-refractivity contribution in [3.05, 3.63) is 58.4 Å². The van der Waals surface area contributed by atoms with E-state index in [0.717, 1.165) is 28.1 Å². The summed E-state index contributed by atoms with van der Waals surface area (Å²) in [6.45, 7) is 6.30. The molecule has 1 aromatic heterocycles. The van der Waals surface area contributed by atoms with Crippen LogP contribution in [0.3, 0.4) is 0 Å². The molecule has 6 nitrogen and oxygen atoms in total. The predicted molar refractivity (Wildman–Crippen MR) is 111 cm³/mol. The zero-order chi connectivity index (χ0) is 20.5. The van der Waals surface area contributed by atoms with Crippen LogP contribution in [0, 0.1) is 20.8 Å². The smallest absolute Gasteiger partial charge is 0.246 e. The highest BCUT2D eigenvalue weighted by Crippen LogP contribution is 2.27. The first-order valence-electron chi connectivity index (χ1n) is 9.42. The van der Waals surface area contributed by atoms with Crippen molar-refractivity contribution in [3.8, 4) is 0 Å². The fraction of sp³-hybridized carbons (Fsp3) is 0.429. The van der Waals surface area contributed by atoms with E-state index in [1.165, 1.54) is 0 Å². The van der Waals surface area contributed by atoms with Gasteiger partial charge < -0.3 is 4.90 Å². The molecule has 0 N–H and O–H groups in total. The first kappa shape index (κ1) is 20.3. The van der Waals surface area contributed by atoms with Crippen LogP contribution in [0.4, 0.5) is 0 Å². The summed E-state index contributed by atoms with van der Waals surface area (Å²) in [4.78, 5) is 14.2.